The van der Waals surface area contributed by atoms with Crippen LogP contribution in [0.15, 0.2) is 26.8 Å². The Morgan fingerprint density at radius 3 is 2.90 bits per heavy atom. The largest absolute Gasteiger partial charge is 0.489 e. The SMILES string of the molecule is CCC1CC(N)=NN=C1c1cc(Br)c2c(c1)OCCCO2. The average molecular weight is 352 g/mol. The molecule has 2 aliphatic rings. The lowest BCUT2D eigenvalue weighted by atomic mass is 9.90. The van der Waals surface area contributed by atoms with Gasteiger partial charge in [-0.05, 0) is 34.5 Å². The summed E-state index contributed by atoms with van der Waals surface area (Å²) in [6.45, 7) is 3.47. The fourth-order valence-corrected chi connectivity index (χ4v) is 3.16. The highest BCUT2D eigenvalue weighted by Gasteiger charge is 2.24. The Labute approximate surface area is 132 Å². The van der Waals surface area contributed by atoms with E-state index in [-0.39, 0.29) is 0 Å². The van der Waals surface area contributed by atoms with Crippen LogP contribution in [0.25, 0.3) is 0 Å². The van der Waals surface area contributed by atoms with Crippen LogP contribution in [0.3, 0.4) is 0 Å². The van der Waals surface area contributed by atoms with Gasteiger partial charge >= 0.3 is 0 Å². The molecule has 2 aliphatic heterocycles. The van der Waals surface area contributed by atoms with Gasteiger partial charge in [-0.1, -0.05) is 6.92 Å². The van der Waals surface area contributed by atoms with Gasteiger partial charge in [-0.25, -0.2) is 0 Å². The van der Waals surface area contributed by atoms with Gasteiger partial charge in [0.15, 0.2) is 11.5 Å². The van der Waals surface area contributed by atoms with Crippen molar-refractivity contribution in [2.75, 3.05) is 13.2 Å². The second-order valence-corrected chi connectivity index (χ2v) is 6.08. The first kappa shape index (κ1) is 14.4. The maximum absolute atomic E-state index is 5.79. The first-order chi connectivity index (χ1) is 10.2. The molecule has 1 atom stereocenters. The van der Waals surface area contributed by atoms with Gasteiger partial charge in [0.05, 0.1) is 23.4 Å². The second kappa shape index (κ2) is 6.05. The van der Waals surface area contributed by atoms with Gasteiger partial charge in [-0.2, -0.15) is 5.10 Å². The zero-order valence-corrected chi connectivity index (χ0v) is 13.5. The van der Waals surface area contributed by atoms with Crippen LogP contribution in [0, 0.1) is 5.92 Å². The van der Waals surface area contributed by atoms with Crippen molar-refractivity contribution in [1.29, 1.82) is 0 Å². The normalized spacial score (nSPS) is 21.3. The topological polar surface area (TPSA) is 69.2 Å². The molecule has 0 amide bonds. The van der Waals surface area contributed by atoms with E-state index in [4.69, 9.17) is 15.2 Å². The Kier molecular flexibility index (Phi) is 4.14. The maximum atomic E-state index is 5.79. The number of ether oxygens (including phenoxy) is 2. The molecule has 0 spiro atoms. The van der Waals surface area contributed by atoms with E-state index in [1.165, 1.54) is 0 Å². The number of hydrogen-bond acceptors (Lipinski definition) is 5. The molecule has 0 saturated carbocycles. The van der Waals surface area contributed by atoms with Crippen molar-refractivity contribution in [2.45, 2.75) is 26.2 Å². The Bertz CT molecular complexity index is 613. The Balaban J connectivity index is 2.03. The monoisotopic (exact) mass is 351 g/mol. The molecule has 2 N–H and O–H groups in total. The zero-order valence-electron chi connectivity index (χ0n) is 11.9. The van der Waals surface area contributed by atoms with Crippen molar-refractivity contribution in [3.8, 4) is 11.5 Å². The van der Waals surface area contributed by atoms with Crippen LogP contribution >= 0.6 is 15.9 Å². The van der Waals surface area contributed by atoms with E-state index >= 15 is 0 Å². The van der Waals surface area contributed by atoms with Crippen molar-refractivity contribution in [3.63, 3.8) is 0 Å². The van der Waals surface area contributed by atoms with Gasteiger partial charge in [0, 0.05) is 24.3 Å². The van der Waals surface area contributed by atoms with Crippen molar-refractivity contribution >= 4 is 27.5 Å². The number of amidine groups is 1. The zero-order chi connectivity index (χ0) is 14.8. The molecular formula is C15H18BrN3O2. The molecule has 6 heteroatoms. The number of benzene rings is 1. The summed E-state index contributed by atoms with van der Waals surface area (Å²) >= 11 is 3.57. The van der Waals surface area contributed by atoms with E-state index in [0.717, 1.165) is 46.5 Å². The summed E-state index contributed by atoms with van der Waals surface area (Å²) in [5.41, 5.74) is 7.76. The molecule has 0 fully saturated rings. The van der Waals surface area contributed by atoms with Gasteiger partial charge in [0.25, 0.3) is 0 Å². The van der Waals surface area contributed by atoms with E-state index in [1.54, 1.807) is 0 Å². The molecule has 2 heterocycles. The van der Waals surface area contributed by atoms with Gasteiger partial charge < -0.3 is 15.2 Å². The molecule has 0 bridgehead atoms. The number of nitrogens with two attached hydrogens (primary N) is 1. The maximum Gasteiger partial charge on any atom is 0.175 e. The van der Waals surface area contributed by atoms with E-state index in [2.05, 4.69) is 33.1 Å². The number of halogens is 1. The molecule has 112 valence electrons. The van der Waals surface area contributed by atoms with Crippen LogP contribution in [0.4, 0.5) is 0 Å². The second-order valence-electron chi connectivity index (χ2n) is 5.22. The third kappa shape index (κ3) is 2.90. The molecule has 0 saturated heterocycles. The van der Waals surface area contributed by atoms with Crippen molar-refractivity contribution < 1.29 is 9.47 Å². The van der Waals surface area contributed by atoms with E-state index in [9.17, 15) is 0 Å². The summed E-state index contributed by atoms with van der Waals surface area (Å²) in [6, 6.07) is 4.01. The molecule has 1 unspecified atom stereocenters. The molecule has 5 nitrogen and oxygen atoms in total. The minimum atomic E-state index is 0.291. The summed E-state index contributed by atoms with van der Waals surface area (Å²) in [5.74, 6) is 2.42. The highest BCUT2D eigenvalue weighted by molar-refractivity contribution is 9.10. The van der Waals surface area contributed by atoms with E-state index in [1.807, 2.05) is 12.1 Å². The average Bonchev–Trinajstić information content (AvgIpc) is 2.72. The first-order valence-electron chi connectivity index (χ1n) is 7.18. The van der Waals surface area contributed by atoms with Crippen molar-refractivity contribution in [2.24, 2.45) is 21.9 Å². The third-order valence-electron chi connectivity index (χ3n) is 3.72. The van der Waals surface area contributed by atoms with Crippen LogP contribution in [0.2, 0.25) is 0 Å². The minimum Gasteiger partial charge on any atom is -0.489 e. The lowest BCUT2D eigenvalue weighted by molar-refractivity contribution is 0.296. The summed E-state index contributed by atoms with van der Waals surface area (Å²) in [7, 11) is 0. The molecule has 0 aromatic heterocycles. The molecular weight excluding hydrogens is 334 g/mol. The van der Waals surface area contributed by atoms with Gasteiger partial charge in [-0.3, -0.25) is 0 Å². The van der Waals surface area contributed by atoms with Crippen LogP contribution in [0.5, 0.6) is 11.5 Å². The predicted molar refractivity (Wildman–Crippen MR) is 86.3 cm³/mol. The molecule has 3 rings (SSSR count). The standard InChI is InChI=1S/C15H18BrN3O2/c1-2-9-8-13(17)18-19-14(9)10-6-11(16)15-12(7-10)20-4-3-5-21-15/h6-7,9H,2-5,8H2,1H3,(H2,17,18). The fraction of sp³-hybridized carbons (Fsp3) is 0.467. The van der Waals surface area contributed by atoms with E-state index < -0.39 is 0 Å². The van der Waals surface area contributed by atoms with Gasteiger partial charge in [-0.15, -0.1) is 5.10 Å². The minimum absolute atomic E-state index is 0.291. The van der Waals surface area contributed by atoms with Crippen LogP contribution < -0.4 is 15.2 Å². The summed E-state index contributed by atoms with van der Waals surface area (Å²) in [5, 5.41) is 8.35. The van der Waals surface area contributed by atoms with Crippen LogP contribution in [-0.4, -0.2) is 24.8 Å². The van der Waals surface area contributed by atoms with Crippen LogP contribution in [0.1, 0.15) is 31.7 Å². The van der Waals surface area contributed by atoms with Crippen molar-refractivity contribution in [1.82, 2.24) is 0 Å². The fourth-order valence-electron chi connectivity index (χ4n) is 2.60. The number of nitrogens with zero attached hydrogens (tertiary/aromatic N) is 2. The Hall–Kier alpha value is -1.56. The van der Waals surface area contributed by atoms with Gasteiger partial charge in [0.2, 0.25) is 0 Å². The van der Waals surface area contributed by atoms with Crippen molar-refractivity contribution in [3.05, 3.63) is 22.2 Å². The smallest absolute Gasteiger partial charge is 0.175 e. The molecule has 1 aromatic carbocycles. The Morgan fingerprint density at radius 2 is 2.10 bits per heavy atom. The quantitative estimate of drug-likeness (QED) is 0.889. The first-order valence-corrected chi connectivity index (χ1v) is 7.97. The molecule has 21 heavy (non-hydrogen) atoms. The van der Waals surface area contributed by atoms with Crippen LogP contribution in [-0.2, 0) is 0 Å². The Morgan fingerprint density at radius 1 is 1.29 bits per heavy atom. The molecule has 0 aliphatic carbocycles. The lowest BCUT2D eigenvalue weighted by Crippen LogP contribution is -2.26. The molecule has 1 aromatic rings. The predicted octanol–water partition coefficient (Wildman–Crippen LogP) is 3.10. The van der Waals surface area contributed by atoms with E-state index in [0.29, 0.717) is 25.0 Å². The number of fused-ring (bicyclic) bond motifs is 1. The lowest BCUT2D eigenvalue weighted by Gasteiger charge is -2.21. The third-order valence-corrected chi connectivity index (χ3v) is 4.31. The number of rotatable bonds is 2. The number of hydrogen-bond donors (Lipinski definition) is 1. The highest BCUT2D eigenvalue weighted by atomic mass is 79.9. The highest BCUT2D eigenvalue weighted by Crippen LogP contribution is 2.39. The summed E-state index contributed by atoms with van der Waals surface area (Å²) < 4.78 is 12.4. The summed E-state index contributed by atoms with van der Waals surface area (Å²) in [6.07, 6.45) is 2.61. The summed E-state index contributed by atoms with van der Waals surface area (Å²) in [4.78, 5) is 0. The molecule has 0 radical (unpaired) electrons. The van der Waals surface area contributed by atoms with Gasteiger partial charge in [0.1, 0.15) is 5.84 Å².